The van der Waals surface area contributed by atoms with Crippen molar-refractivity contribution in [1.29, 1.82) is 0 Å². The van der Waals surface area contributed by atoms with Crippen molar-refractivity contribution in [3.63, 3.8) is 0 Å². The second-order valence-electron chi connectivity index (χ2n) is 6.23. The molecule has 0 saturated carbocycles. The number of halogens is 2. The van der Waals surface area contributed by atoms with Gasteiger partial charge in [-0.2, -0.15) is 0 Å². The van der Waals surface area contributed by atoms with E-state index in [0.29, 0.717) is 12.6 Å². The van der Waals surface area contributed by atoms with Crippen molar-refractivity contribution in [2.75, 3.05) is 20.1 Å². The van der Waals surface area contributed by atoms with Crippen molar-refractivity contribution in [2.45, 2.75) is 20.0 Å². The topological polar surface area (TPSA) is 61.4 Å². The Morgan fingerprint density at radius 3 is 2.48 bits per heavy atom. The largest absolute Gasteiger partial charge is 0.350 e. The highest BCUT2D eigenvalue weighted by molar-refractivity contribution is 5.96. The summed E-state index contributed by atoms with van der Waals surface area (Å²) in [7, 11) is 2.03. The highest BCUT2D eigenvalue weighted by Crippen LogP contribution is 2.09. The first-order chi connectivity index (χ1) is 12.9. The van der Waals surface area contributed by atoms with E-state index < -0.39 is 23.4 Å². The number of nitrogens with zero attached hydrogens (tertiary/aromatic N) is 1. The van der Waals surface area contributed by atoms with Crippen LogP contribution < -0.4 is 10.6 Å². The van der Waals surface area contributed by atoms with Gasteiger partial charge in [-0.15, -0.1) is 0 Å². The molecule has 0 aliphatic rings. The summed E-state index contributed by atoms with van der Waals surface area (Å²) < 4.78 is 26.4. The quantitative estimate of drug-likeness (QED) is 0.745. The summed E-state index contributed by atoms with van der Waals surface area (Å²) in [6.45, 7) is 3.86. The molecule has 0 radical (unpaired) electrons. The van der Waals surface area contributed by atoms with Crippen LogP contribution in [-0.4, -0.2) is 36.9 Å². The summed E-state index contributed by atoms with van der Waals surface area (Å²) in [6.07, 6.45) is 0. The van der Waals surface area contributed by atoms with Crippen LogP contribution in [0.1, 0.15) is 28.4 Å². The molecule has 0 aliphatic carbocycles. The lowest BCUT2D eigenvalue weighted by atomic mass is 10.1. The third-order valence-corrected chi connectivity index (χ3v) is 4.06. The second-order valence-corrected chi connectivity index (χ2v) is 6.23. The van der Waals surface area contributed by atoms with E-state index in [9.17, 15) is 18.4 Å². The van der Waals surface area contributed by atoms with E-state index in [1.165, 1.54) is 0 Å². The van der Waals surface area contributed by atoms with Crippen molar-refractivity contribution in [1.82, 2.24) is 15.5 Å². The Balaban J connectivity index is 1.82. The van der Waals surface area contributed by atoms with Gasteiger partial charge in [0.2, 0.25) is 5.91 Å². The normalized spacial score (nSPS) is 10.7. The summed E-state index contributed by atoms with van der Waals surface area (Å²) in [5, 5.41) is 5.02. The fourth-order valence-corrected chi connectivity index (χ4v) is 2.45. The van der Waals surface area contributed by atoms with Gasteiger partial charge in [-0.25, -0.2) is 8.78 Å². The Morgan fingerprint density at radius 1 is 1.04 bits per heavy atom. The molecule has 0 fully saturated rings. The third-order valence-electron chi connectivity index (χ3n) is 4.06. The lowest BCUT2D eigenvalue weighted by molar-refractivity contribution is -0.120. The molecule has 0 spiro atoms. The molecule has 0 atom stereocenters. The van der Waals surface area contributed by atoms with Crippen LogP contribution in [0.15, 0.2) is 42.5 Å². The van der Waals surface area contributed by atoms with E-state index in [0.717, 1.165) is 36.3 Å². The van der Waals surface area contributed by atoms with Gasteiger partial charge >= 0.3 is 0 Å². The minimum Gasteiger partial charge on any atom is -0.350 e. The zero-order chi connectivity index (χ0) is 19.8. The van der Waals surface area contributed by atoms with Crippen LogP contribution in [0.4, 0.5) is 8.78 Å². The summed E-state index contributed by atoms with van der Waals surface area (Å²) in [5.41, 5.74) is 1.78. The zero-order valence-electron chi connectivity index (χ0n) is 15.4. The van der Waals surface area contributed by atoms with E-state index in [1.807, 2.05) is 31.3 Å². The van der Waals surface area contributed by atoms with E-state index in [2.05, 4.69) is 22.5 Å². The number of amides is 2. The van der Waals surface area contributed by atoms with Crippen molar-refractivity contribution in [3.05, 3.63) is 70.8 Å². The Bertz CT molecular complexity index is 812. The van der Waals surface area contributed by atoms with Crippen molar-refractivity contribution < 1.29 is 18.4 Å². The first kappa shape index (κ1) is 20.5. The van der Waals surface area contributed by atoms with Crippen molar-refractivity contribution >= 4 is 11.8 Å². The summed E-state index contributed by atoms with van der Waals surface area (Å²) in [5.74, 6) is -2.91. The smallest absolute Gasteiger partial charge is 0.254 e. The van der Waals surface area contributed by atoms with Crippen molar-refractivity contribution in [2.24, 2.45) is 0 Å². The molecule has 2 rings (SSSR count). The van der Waals surface area contributed by atoms with Gasteiger partial charge in [0, 0.05) is 19.2 Å². The van der Waals surface area contributed by atoms with Crippen LogP contribution in [0.5, 0.6) is 0 Å². The number of carbonyl (C=O) groups is 2. The maximum Gasteiger partial charge on any atom is 0.254 e. The number of nitrogens with one attached hydrogen (secondary N) is 2. The van der Waals surface area contributed by atoms with E-state index >= 15 is 0 Å². The Kier molecular flexibility index (Phi) is 7.43. The monoisotopic (exact) mass is 375 g/mol. The van der Waals surface area contributed by atoms with E-state index in [4.69, 9.17) is 0 Å². The molecule has 0 bridgehead atoms. The predicted molar refractivity (Wildman–Crippen MR) is 99.0 cm³/mol. The summed E-state index contributed by atoms with van der Waals surface area (Å²) in [6, 6.07) is 10.5. The molecule has 0 heterocycles. The molecule has 2 aromatic carbocycles. The number of carbonyl (C=O) groups excluding carboxylic acids is 2. The molecule has 144 valence electrons. The van der Waals surface area contributed by atoms with Crippen LogP contribution in [0.2, 0.25) is 0 Å². The molecular formula is C20H23F2N3O2. The fourth-order valence-electron chi connectivity index (χ4n) is 2.45. The van der Waals surface area contributed by atoms with Gasteiger partial charge in [-0.05, 0) is 36.9 Å². The lowest BCUT2D eigenvalue weighted by Crippen LogP contribution is -2.36. The molecule has 2 amide bonds. The minimum atomic E-state index is -0.971. The summed E-state index contributed by atoms with van der Waals surface area (Å²) in [4.78, 5) is 26.0. The molecule has 0 unspecified atom stereocenters. The number of hydrogen-bond donors (Lipinski definition) is 2. The molecular weight excluding hydrogens is 352 g/mol. The first-order valence-corrected chi connectivity index (χ1v) is 8.65. The zero-order valence-corrected chi connectivity index (χ0v) is 15.4. The van der Waals surface area contributed by atoms with E-state index in [1.54, 1.807) is 0 Å². The third kappa shape index (κ3) is 6.45. The van der Waals surface area contributed by atoms with Gasteiger partial charge in [0.1, 0.15) is 11.6 Å². The van der Waals surface area contributed by atoms with Crippen LogP contribution in [-0.2, 0) is 17.9 Å². The van der Waals surface area contributed by atoms with Gasteiger partial charge < -0.3 is 15.5 Å². The minimum absolute atomic E-state index is 0.298. The summed E-state index contributed by atoms with van der Waals surface area (Å²) >= 11 is 0. The van der Waals surface area contributed by atoms with Crippen LogP contribution in [0, 0.1) is 11.6 Å². The fraction of sp³-hybridized carbons (Fsp3) is 0.300. The SMILES string of the molecule is CCN(C)Cc1cccc(CNC(=O)CNC(=O)c2ccc(F)cc2F)c1. The average Bonchev–Trinajstić information content (AvgIpc) is 2.64. The highest BCUT2D eigenvalue weighted by atomic mass is 19.1. The molecule has 27 heavy (non-hydrogen) atoms. The molecule has 0 aliphatic heterocycles. The van der Waals surface area contributed by atoms with Gasteiger partial charge in [-0.3, -0.25) is 9.59 Å². The molecule has 5 nitrogen and oxygen atoms in total. The Labute approximate surface area is 157 Å². The Morgan fingerprint density at radius 2 is 1.78 bits per heavy atom. The van der Waals surface area contributed by atoms with Crippen LogP contribution in [0.3, 0.4) is 0 Å². The van der Waals surface area contributed by atoms with E-state index in [-0.39, 0.29) is 12.1 Å². The van der Waals surface area contributed by atoms with Gasteiger partial charge in [-0.1, -0.05) is 31.2 Å². The second kappa shape index (κ2) is 9.78. The molecule has 0 saturated heterocycles. The highest BCUT2D eigenvalue weighted by Gasteiger charge is 2.13. The lowest BCUT2D eigenvalue weighted by Gasteiger charge is -2.14. The Hall–Kier alpha value is -2.80. The standard InChI is InChI=1S/C20H23F2N3O2/c1-3-25(2)13-15-6-4-5-14(9-15)11-23-19(26)12-24-20(27)17-8-7-16(21)10-18(17)22/h4-10H,3,11-13H2,1-2H3,(H,23,26)(H,24,27). The number of hydrogen-bond acceptors (Lipinski definition) is 3. The molecule has 7 heteroatoms. The van der Waals surface area contributed by atoms with Gasteiger partial charge in [0.15, 0.2) is 0 Å². The van der Waals surface area contributed by atoms with Gasteiger partial charge in [0.05, 0.1) is 12.1 Å². The van der Waals surface area contributed by atoms with Crippen LogP contribution in [0.25, 0.3) is 0 Å². The molecule has 2 N–H and O–H groups in total. The molecule has 2 aromatic rings. The molecule has 0 aromatic heterocycles. The first-order valence-electron chi connectivity index (χ1n) is 8.65. The number of benzene rings is 2. The average molecular weight is 375 g/mol. The van der Waals surface area contributed by atoms with Crippen molar-refractivity contribution in [3.8, 4) is 0 Å². The van der Waals surface area contributed by atoms with Crippen LogP contribution >= 0.6 is 0 Å². The predicted octanol–water partition coefficient (Wildman–Crippen LogP) is 2.46. The van der Waals surface area contributed by atoms with Gasteiger partial charge in [0.25, 0.3) is 5.91 Å². The number of rotatable bonds is 8. The maximum atomic E-state index is 13.5. The maximum absolute atomic E-state index is 13.5.